The van der Waals surface area contributed by atoms with Gasteiger partial charge in [-0.25, -0.2) is 14.4 Å². The first-order valence-electron chi connectivity index (χ1n) is 6.40. The van der Waals surface area contributed by atoms with Crippen LogP contribution in [0.3, 0.4) is 0 Å². The topological polar surface area (TPSA) is 46.1 Å². The van der Waals surface area contributed by atoms with Crippen molar-refractivity contribution in [3.63, 3.8) is 0 Å². The first-order chi connectivity index (χ1) is 9.80. The molecule has 1 aliphatic heterocycles. The molecule has 2 aromatic heterocycles. The minimum atomic E-state index is -0.499. The van der Waals surface area contributed by atoms with Crippen molar-refractivity contribution >= 4 is 28.8 Å². The molecule has 2 aromatic rings. The minimum Gasteiger partial charge on any atom is -0.329 e. The number of rotatable bonds is 1. The predicted molar refractivity (Wildman–Crippen MR) is 79.6 cm³/mol. The van der Waals surface area contributed by atoms with Crippen molar-refractivity contribution in [2.45, 2.75) is 32.9 Å². The fourth-order valence-electron chi connectivity index (χ4n) is 2.69. The Kier molecular flexibility index (Phi) is 3.26. The molecule has 0 spiro atoms. The van der Waals surface area contributed by atoms with Crippen LogP contribution in [0.5, 0.6) is 0 Å². The van der Waals surface area contributed by atoms with Gasteiger partial charge in [-0.05, 0) is 37.1 Å². The Morgan fingerprint density at radius 3 is 2.86 bits per heavy atom. The third-order valence-corrected chi connectivity index (χ3v) is 5.38. The maximum atomic E-state index is 13.9. The van der Waals surface area contributed by atoms with Crippen LogP contribution in [0.1, 0.15) is 31.2 Å². The van der Waals surface area contributed by atoms with E-state index >= 15 is 0 Å². The van der Waals surface area contributed by atoms with E-state index in [1.165, 1.54) is 11.3 Å². The van der Waals surface area contributed by atoms with Gasteiger partial charge in [0.05, 0.1) is 16.6 Å². The molecule has 0 aliphatic carbocycles. The average Bonchev–Trinajstić information content (AvgIpc) is 2.91. The smallest absolute Gasteiger partial charge is 0.223 e. The molecule has 3 rings (SSSR count). The van der Waals surface area contributed by atoms with E-state index in [4.69, 9.17) is 11.6 Å². The highest BCUT2D eigenvalue weighted by Gasteiger charge is 2.41. The molecule has 0 saturated heterocycles. The summed E-state index contributed by atoms with van der Waals surface area (Å²) in [6.07, 6.45) is 1.07. The van der Waals surface area contributed by atoms with Gasteiger partial charge in [0.1, 0.15) is 5.69 Å². The minimum absolute atomic E-state index is 0.0181. The zero-order valence-electron chi connectivity index (χ0n) is 11.8. The molecule has 7 heteroatoms. The third kappa shape index (κ3) is 2.22. The van der Waals surface area contributed by atoms with E-state index in [2.05, 4.69) is 9.97 Å². The van der Waals surface area contributed by atoms with E-state index in [0.717, 1.165) is 16.6 Å². The van der Waals surface area contributed by atoms with Gasteiger partial charge in [-0.1, -0.05) is 0 Å². The summed E-state index contributed by atoms with van der Waals surface area (Å²) in [6, 6.07) is 1.88. The van der Waals surface area contributed by atoms with Gasteiger partial charge in [0.25, 0.3) is 0 Å². The van der Waals surface area contributed by atoms with Crippen LogP contribution in [0.2, 0.25) is 5.28 Å². The molecule has 0 N–H and O–H groups in total. The summed E-state index contributed by atoms with van der Waals surface area (Å²) in [6.45, 7) is 6.07. The SMILES string of the molecule is CC(=O)N1Cc2cc(-c3nc(Cl)ncc3F)sc2C1(C)C. The standard InChI is InChI=1S/C14H13ClFN3OS/c1-7(20)19-6-8-4-10(21-12(8)14(19,2)3)11-9(16)5-17-13(15)18-11/h4-5H,6H2,1-3H3. The highest BCUT2D eigenvalue weighted by atomic mass is 35.5. The van der Waals surface area contributed by atoms with Crippen LogP contribution in [-0.2, 0) is 16.9 Å². The summed E-state index contributed by atoms with van der Waals surface area (Å²) in [5.74, 6) is -0.471. The van der Waals surface area contributed by atoms with Gasteiger partial charge in [-0.3, -0.25) is 4.79 Å². The number of fused-ring (bicyclic) bond motifs is 1. The van der Waals surface area contributed by atoms with E-state index in [-0.39, 0.29) is 16.9 Å². The van der Waals surface area contributed by atoms with E-state index in [1.807, 2.05) is 19.9 Å². The quantitative estimate of drug-likeness (QED) is 0.753. The number of hydrogen-bond acceptors (Lipinski definition) is 4. The van der Waals surface area contributed by atoms with Gasteiger partial charge in [0.15, 0.2) is 5.82 Å². The van der Waals surface area contributed by atoms with Gasteiger partial charge in [0, 0.05) is 18.3 Å². The zero-order valence-corrected chi connectivity index (χ0v) is 13.3. The lowest BCUT2D eigenvalue weighted by atomic mass is 10.0. The number of hydrogen-bond donors (Lipinski definition) is 0. The average molecular weight is 326 g/mol. The van der Waals surface area contributed by atoms with Gasteiger partial charge in [-0.15, -0.1) is 11.3 Å². The van der Waals surface area contributed by atoms with E-state index < -0.39 is 11.4 Å². The second-order valence-electron chi connectivity index (χ2n) is 5.46. The highest BCUT2D eigenvalue weighted by molar-refractivity contribution is 7.15. The number of nitrogens with zero attached hydrogens (tertiary/aromatic N) is 3. The molecular formula is C14H13ClFN3OS. The van der Waals surface area contributed by atoms with Gasteiger partial charge in [-0.2, -0.15) is 0 Å². The Labute approximate surface area is 130 Å². The number of carbonyl (C=O) groups is 1. The van der Waals surface area contributed by atoms with Crippen molar-refractivity contribution in [2.75, 3.05) is 0 Å². The molecule has 0 aromatic carbocycles. The summed E-state index contributed by atoms with van der Waals surface area (Å²) in [4.78, 5) is 22.9. The van der Waals surface area contributed by atoms with Crippen molar-refractivity contribution in [1.29, 1.82) is 0 Å². The van der Waals surface area contributed by atoms with Crippen LogP contribution in [-0.4, -0.2) is 20.8 Å². The molecule has 0 saturated carbocycles. The normalized spacial score (nSPS) is 16.1. The number of aromatic nitrogens is 2. The van der Waals surface area contributed by atoms with Crippen molar-refractivity contribution in [2.24, 2.45) is 0 Å². The molecule has 21 heavy (non-hydrogen) atoms. The van der Waals surface area contributed by atoms with Crippen molar-refractivity contribution in [3.8, 4) is 10.6 Å². The summed E-state index contributed by atoms with van der Waals surface area (Å²) < 4.78 is 13.9. The maximum Gasteiger partial charge on any atom is 0.223 e. The molecule has 4 nitrogen and oxygen atoms in total. The van der Waals surface area contributed by atoms with Crippen LogP contribution in [0, 0.1) is 5.82 Å². The maximum absolute atomic E-state index is 13.9. The van der Waals surface area contributed by atoms with Gasteiger partial charge < -0.3 is 4.90 Å². The lowest BCUT2D eigenvalue weighted by molar-refractivity contribution is -0.134. The Balaban J connectivity index is 2.07. The molecule has 3 heterocycles. The molecule has 0 bridgehead atoms. The number of amides is 1. The first-order valence-corrected chi connectivity index (χ1v) is 7.60. The molecular weight excluding hydrogens is 313 g/mol. The zero-order chi connectivity index (χ0) is 15.4. The van der Waals surface area contributed by atoms with E-state index in [1.54, 1.807) is 11.8 Å². The molecule has 110 valence electrons. The second-order valence-corrected chi connectivity index (χ2v) is 6.86. The summed E-state index contributed by atoms with van der Waals surface area (Å²) >= 11 is 7.19. The van der Waals surface area contributed by atoms with Crippen molar-refractivity contribution < 1.29 is 9.18 Å². The number of halogens is 2. The lowest BCUT2D eigenvalue weighted by Gasteiger charge is -2.31. The molecule has 1 amide bonds. The van der Waals surface area contributed by atoms with Crippen LogP contribution in [0.25, 0.3) is 10.6 Å². The van der Waals surface area contributed by atoms with Crippen LogP contribution >= 0.6 is 22.9 Å². The molecule has 1 aliphatic rings. The molecule has 0 unspecified atom stereocenters. The number of thiophene rings is 1. The van der Waals surface area contributed by atoms with Gasteiger partial charge >= 0.3 is 0 Å². The number of carbonyl (C=O) groups excluding carboxylic acids is 1. The molecule has 0 fully saturated rings. The highest BCUT2D eigenvalue weighted by Crippen LogP contribution is 2.46. The van der Waals surface area contributed by atoms with Gasteiger partial charge in [0.2, 0.25) is 11.2 Å². The Morgan fingerprint density at radius 1 is 1.52 bits per heavy atom. The monoisotopic (exact) mass is 325 g/mol. The van der Waals surface area contributed by atoms with Crippen molar-refractivity contribution in [3.05, 3.63) is 33.8 Å². The second kappa shape index (κ2) is 4.74. The van der Waals surface area contributed by atoms with E-state index in [9.17, 15) is 9.18 Å². The van der Waals surface area contributed by atoms with Crippen LogP contribution in [0.4, 0.5) is 4.39 Å². The summed E-state index contributed by atoms with van der Waals surface area (Å²) in [5, 5.41) is 0.0181. The van der Waals surface area contributed by atoms with Crippen LogP contribution < -0.4 is 0 Å². The van der Waals surface area contributed by atoms with E-state index in [0.29, 0.717) is 11.4 Å². The lowest BCUT2D eigenvalue weighted by Crippen LogP contribution is -2.38. The Bertz CT molecular complexity index is 744. The summed E-state index contributed by atoms with van der Waals surface area (Å²) in [5.41, 5.74) is 0.848. The molecule has 0 radical (unpaired) electrons. The largest absolute Gasteiger partial charge is 0.329 e. The Morgan fingerprint density at radius 2 is 2.24 bits per heavy atom. The fourth-order valence-corrected chi connectivity index (χ4v) is 4.10. The molecule has 0 atom stereocenters. The fraction of sp³-hybridized carbons (Fsp3) is 0.357. The Hall–Kier alpha value is -1.53. The predicted octanol–water partition coefficient (Wildman–Crippen LogP) is 3.59. The van der Waals surface area contributed by atoms with Crippen LogP contribution in [0.15, 0.2) is 12.3 Å². The first kappa shape index (κ1) is 14.4. The van der Waals surface area contributed by atoms with Crippen molar-refractivity contribution in [1.82, 2.24) is 14.9 Å². The summed E-state index contributed by atoms with van der Waals surface area (Å²) in [7, 11) is 0. The third-order valence-electron chi connectivity index (χ3n) is 3.70.